The standard InChI is InChI=1S/C25H21ClN2O4S/c1-33(30,31)22-12-10-19(11-13-22)23-15-27-28(21-9-5-8-20(26)14-21)25(29)24(23)17-32-16-18-6-3-2-4-7-18/h2-15H,16-17H2,1H3. The summed E-state index contributed by atoms with van der Waals surface area (Å²) < 4.78 is 30.8. The number of aromatic nitrogens is 2. The van der Waals surface area contributed by atoms with Crippen molar-refractivity contribution in [3.05, 3.63) is 112 Å². The van der Waals surface area contributed by atoms with E-state index in [-0.39, 0.29) is 17.1 Å². The fraction of sp³-hybridized carbons (Fsp3) is 0.120. The Morgan fingerprint density at radius 3 is 2.33 bits per heavy atom. The largest absolute Gasteiger partial charge is 0.372 e. The van der Waals surface area contributed by atoms with Crippen LogP contribution in [0.4, 0.5) is 0 Å². The van der Waals surface area contributed by atoms with Gasteiger partial charge < -0.3 is 4.74 Å². The van der Waals surface area contributed by atoms with Crippen molar-refractivity contribution in [2.75, 3.05) is 6.26 Å². The highest BCUT2D eigenvalue weighted by atomic mass is 35.5. The first kappa shape index (κ1) is 22.9. The summed E-state index contributed by atoms with van der Waals surface area (Å²) in [4.78, 5) is 13.6. The molecule has 0 radical (unpaired) electrons. The van der Waals surface area contributed by atoms with Crippen molar-refractivity contribution in [3.8, 4) is 16.8 Å². The summed E-state index contributed by atoms with van der Waals surface area (Å²) in [6.45, 7) is 0.395. The number of hydrogen-bond donors (Lipinski definition) is 0. The average Bonchev–Trinajstić information content (AvgIpc) is 2.80. The van der Waals surface area contributed by atoms with Crippen LogP contribution < -0.4 is 5.56 Å². The third kappa shape index (κ3) is 5.39. The number of nitrogens with zero attached hydrogens (tertiary/aromatic N) is 2. The second-order valence-electron chi connectivity index (χ2n) is 7.51. The molecule has 4 aromatic rings. The molecule has 0 spiro atoms. The fourth-order valence-corrected chi connectivity index (χ4v) is 4.21. The lowest BCUT2D eigenvalue weighted by Gasteiger charge is -2.13. The highest BCUT2D eigenvalue weighted by molar-refractivity contribution is 7.90. The molecule has 1 aromatic heterocycles. The van der Waals surface area contributed by atoms with E-state index in [0.717, 1.165) is 11.8 Å². The Kier molecular flexibility index (Phi) is 6.74. The highest BCUT2D eigenvalue weighted by Gasteiger charge is 2.16. The van der Waals surface area contributed by atoms with Crippen LogP contribution in [0.3, 0.4) is 0 Å². The summed E-state index contributed by atoms with van der Waals surface area (Å²) in [6, 6.07) is 22.9. The Hall–Kier alpha value is -3.26. The van der Waals surface area contributed by atoms with Crippen molar-refractivity contribution < 1.29 is 13.2 Å². The third-order valence-electron chi connectivity index (χ3n) is 5.08. The van der Waals surface area contributed by atoms with Gasteiger partial charge in [-0.15, -0.1) is 0 Å². The number of sulfone groups is 1. The van der Waals surface area contributed by atoms with Crippen molar-refractivity contribution in [2.24, 2.45) is 0 Å². The molecule has 0 N–H and O–H groups in total. The summed E-state index contributed by atoms with van der Waals surface area (Å²) in [5.74, 6) is 0. The first-order chi connectivity index (χ1) is 15.8. The predicted molar refractivity (Wildman–Crippen MR) is 128 cm³/mol. The van der Waals surface area contributed by atoms with Gasteiger partial charge in [0.15, 0.2) is 9.84 Å². The topological polar surface area (TPSA) is 78.3 Å². The van der Waals surface area contributed by atoms with Gasteiger partial charge in [0.05, 0.1) is 35.6 Å². The lowest BCUT2D eigenvalue weighted by atomic mass is 10.0. The Bertz CT molecular complexity index is 1430. The molecule has 0 aliphatic heterocycles. The molecule has 0 saturated carbocycles. The van der Waals surface area contributed by atoms with Crippen LogP contribution >= 0.6 is 11.6 Å². The second kappa shape index (κ2) is 9.70. The van der Waals surface area contributed by atoms with Crippen molar-refractivity contribution in [1.29, 1.82) is 0 Å². The normalized spacial score (nSPS) is 11.5. The molecule has 8 heteroatoms. The minimum Gasteiger partial charge on any atom is -0.372 e. The molecular formula is C25H21ClN2O4S. The summed E-state index contributed by atoms with van der Waals surface area (Å²) in [5, 5.41) is 4.83. The van der Waals surface area contributed by atoms with Crippen LogP contribution in [0.1, 0.15) is 11.1 Å². The molecule has 3 aromatic carbocycles. The first-order valence-electron chi connectivity index (χ1n) is 10.1. The van der Waals surface area contributed by atoms with Gasteiger partial charge in [0.1, 0.15) is 0 Å². The maximum atomic E-state index is 13.4. The van der Waals surface area contributed by atoms with Crippen LogP contribution in [0, 0.1) is 0 Å². The maximum Gasteiger partial charge on any atom is 0.277 e. The molecule has 0 aliphatic carbocycles. The van der Waals surface area contributed by atoms with Crippen LogP contribution in [-0.4, -0.2) is 24.5 Å². The fourth-order valence-electron chi connectivity index (χ4n) is 3.40. The summed E-state index contributed by atoms with van der Waals surface area (Å²) in [7, 11) is -3.33. The summed E-state index contributed by atoms with van der Waals surface area (Å²) >= 11 is 6.10. The Morgan fingerprint density at radius 1 is 0.939 bits per heavy atom. The number of benzene rings is 3. The second-order valence-corrected chi connectivity index (χ2v) is 9.96. The van der Waals surface area contributed by atoms with Crippen molar-refractivity contribution in [3.63, 3.8) is 0 Å². The van der Waals surface area contributed by atoms with E-state index in [1.807, 2.05) is 30.3 Å². The van der Waals surface area contributed by atoms with E-state index in [1.54, 1.807) is 42.6 Å². The van der Waals surface area contributed by atoms with Gasteiger partial charge in [-0.05, 0) is 41.5 Å². The van der Waals surface area contributed by atoms with E-state index < -0.39 is 9.84 Å². The molecule has 4 rings (SSSR count). The minimum atomic E-state index is -3.33. The average molecular weight is 481 g/mol. The van der Waals surface area contributed by atoms with Crippen molar-refractivity contribution in [2.45, 2.75) is 18.1 Å². The Balaban J connectivity index is 1.75. The molecular weight excluding hydrogens is 460 g/mol. The third-order valence-corrected chi connectivity index (χ3v) is 6.45. The van der Waals surface area contributed by atoms with Gasteiger partial charge in [-0.1, -0.05) is 60.1 Å². The van der Waals surface area contributed by atoms with Gasteiger partial charge in [0, 0.05) is 16.8 Å². The molecule has 0 fully saturated rings. The molecule has 0 amide bonds. The van der Waals surface area contributed by atoms with Crippen LogP contribution in [0.5, 0.6) is 0 Å². The molecule has 0 bridgehead atoms. The van der Waals surface area contributed by atoms with Crippen LogP contribution in [0.15, 0.2) is 94.7 Å². The summed E-state index contributed by atoms with van der Waals surface area (Å²) in [6.07, 6.45) is 2.73. The quantitative estimate of drug-likeness (QED) is 0.384. The number of hydrogen-bond acceptors (Lipinski definition) is 5. The summed E-state index contributed by atoms with van der Waals surface area (Å²) in [5.41, 5.74) is 2.84. The molecule has 6 nitrogen and oxygen atoms in total. The zero-order valence-corrected chi connectivity index (χ0v) is 19.4. The van der Waals surface area contributed by atoms with E-state index in [0.29, 0.717) is 34.0 Å². The zero-order valence-electron chi connectivity index (χ0n) is 17.8. The molecule has 168 valence electrons. The highest BCUT2D eigenvalue weighted by Crippen LogP contribution is 2.24. The Morgan fingerprint density at radius 2 is 1.67 bits per heavy atom. The lowest BCUT2D eigenvalue weighted by Crippen LogP contribution is -2.26. The van der Waals surface area contributed by atoms with Crippen LogP contribution in [0.2, 0.25) is 5.02 Å². The number of ether oxygens (including phenoxy) is 1. The number of rotatable bonds is 7. The Labute approximate surface area is 197 Å². The monoisotopic (exact) mass is 480 g/mol. The molecule has 0 aliphatic rings. The minimum absolute atomic E-state index is 0.0555. The van der Waals surface area contributed by atoms with Gasteiger partial charge in [-0.3, -0.25) is 4.79 Å². The molecule has 1 heterocycles. The molecule has 0 unspecified atom stereocenters. The zero-order chi connectivity index (χ0) is 23.4. The van der Waals surface area contributed by atoms with E-state index in [2.05, 4.69) is 5.10 Å². The van der Waals surface area contributed by atoms with E-state index in [1.165, 1.54) is 16.8 Å². The van der Waals surface area contributed by atoms with Crippen molar-refractivity contribution in [1.82, 2.24) is 9.78 Å². The molecule has 33 heavy (non-hydrogen) atoms. The first-order valence-corrected chi connectivity index (χ1v) is 12.4. The molecule has 0 atom stereocenters. The SMILES string of the molecule is CS(=O)(=O)c1ccc(-c2cnn(-c3cccc(Cl)c3)c(=O)c2COCc2ccccc2)cc1. The van der Waals surface area contributed by atoms with Gasteiger partial charge >= 0.3 is 0 Å². The van der Waals surface area contributed by atoms with Crippen molar-refractivity contribution >= 4 is 21.4 Å². The van der Waals surface area contributed by atoms with E-state index >= 15 is 0 Å². The van der Waals surface area contributed by atoms with Gasteiger partial charge in [0.2, 0.25) is 0 Å². The lowest BCUT2D eigenvalue weighted by molar-refractivity contribution is 0.106. The van der Waals surface area contributed by atoms with E-state index in [9.17, 15) is 13.2 Å². The maximum absolute atomic E-state index is 13.4. The van der Waals surface area contributed by atoms with Gasteiger partial charge in [0.25, 0.3) is 5.56 Å². The predicted octanol–water partition coefficient (Wildman–Crippen LogP) is 4.67. The smallest absolute Gasteiger partial charge is 0.277 e. The van der Waals surface area contributed by atoms with E-state index in [4.69, 9.17) is 16.3 Å². The molecule has 0 saturated heterocycles. The van der Waals surface area contributed by atoms with Crippen LogP contribution in [-0.2, 0) is 27.8 Å². The number of halogens is 1. The van der Waals surface area contributed by atoms with Gasteiger partial charge in [-0.2, -0.15) is 9.78 Å². The van der Waals surface area contributed by atoms with Crippen LogP contribution in [0.25, 0.3) is 16.8 Å². The van der Waals surface area contributed by atoms with Gasteiger partial charge in [-0.25, -0.2) is 8.42 Å².